The molecule has 2 heterocycles. The largest absolute Gasteiger partial charge is 0.326 e. The smallest absolute Gasteiger partial charge is 0.228 e. The van der Waals surface area contributed by atoms with Gasteiger partial charge in [0.1, 0.15) is 5.82 Å². The van der Waals surface area contributed by atoms with Gasteiger partial charge in [0.25, 0.3) is 0 Å². The van der Waals surface area contributed by atoms with Gasteiger partial charge in [-0.1, -0.05) is 47.8 Å². The van der Waals surface area contributed by atoms with Crippen LogP contribution in [-0.2, 0) is 24.2 Å². The Morgan fingerprint density at radius 2 is 1.82 bits per heavy atom. The SMILES string of the molecule is O=C(Cc1c(Cl)cccc1Cl)Nc1cccc(-c2nnc3n2CCCCC3)c1. The average molecular weight is 415 g/mol. The van der Waals surface area contributed by atoms with E-state index < -0.39 is 0 Å². The molecular formula is C21H20Cl2N4O. The van der Waals surface area contributed by atoms with E-state index in [0.717, 1.165) is 43.0 Å². The van der Waals surface area contributed by atoms with Gasteiger partial charge in [-0.15, -0.1) is 10.2 Å². The molecule has 28 heavy (non-hydrogen) atoms. The number of nitrogens with one attached hydrogen (secondary N) is 1. The third-order valence-electron chi connectivity index (χ3n) is 4.91. The van der Waals surface area contributed by atoms with E-state index in [2.05, 4.69) is 20.1 Å². The number of benzene rings is 2. The topological polar surface area (TPSA) is 59.8 Å². The van der Waals surface area contributed by atoms with Crippen molar-refractivity contribution in [1.29, 1.82) is 0 Å². The maximum atomic E-state index is 12.5. The second kappa shape index (κ2) is 8.33. The van der Waals surface area contributed by atoms with Crippen LogP contribution in [0.1, 0.15) is 30.7 Å². The minimum atomic E-state index is -0.174. The summed E-state index contributed by atoms with van der Waals surface area (Å²) in [5, 5.41) is 12.6. The number of amides is 1. The molecule has 0 unspecified atom stereocenters. The summed E-state index contributed by atoms with van der Waals surface area (Å²) < 4.78 is 2.19. The number of aromatic nitrogens is 3. The van der Waals surface area contributed by atoms with Gasteiger partial charge in [0.15, 0.2) is 5.82 Å². The summed E-state index contributed by atoms with van der Waals surface area (Å²) >= 11 is 12.3. The molecule has 1 aliphatic rings. The number of carbonyl (C=O) groups excluding carboxylic acids is 1. The van der Waals surface area contributed by atoms with Crippen LogP contribution in [0.15, 0.2) is 42.5 Å². The van der Waals surface area contributed by atoms with Gasteiger partial charge in [-0.2, -0.15) is 0 Å². The average Bonchev–Trinajstić information content (AvgIpc) is 2.93. The predicted molar refractivity (Wildman–Crippen MR) is 112 cm³/mol. The summed E-state index contributed by atoms with van der Waals surface area (Å²) in [6, 6.07) is 12.9. The van der Waals surface area contributed by atoms with Crippen LogP contribution in [0, 0.1) is 0 Å². The van der Waals surface area contributed by atoms with E-state index in [1.165, 1.54) is 6.42 Å². The highest BCUT2D eigenvalue weighted by atomic mass is 35.5. The van der Waals surface area contributed by atoms with Gasteiger partial charge in [0, 0.05) is 34.3 Å². The van der Waals surface area contributed by atoms with E-state index in [1.54, 1.807) is 18.2 Å². The van der Waals surface area contributed by atoms with Gasteiger partial charge < -0.3 is 9.88 Å². The molecule has 0 saturated carbocycles. The fourth-order valence-corrected chi connectivity index (χ4v) is 4.03. The first-order valence-electron chi connectivity index (χ1n) is 9.37. The summed E-state index contributed by atoms with van der Waals surface area (Å²) in [4.78, 5) is 12.5. The molecule has 7 heteroatoms. The lowest BCUT2D eigenvalue weighted by molar-refractivity contribution is -0.115. The van der Waals surface area contributed by atoms with Crippen LogP contribution in [0.25, 0.3) is 11.4 Å². The molecule has 0 saturated heterocycles. The van der Waals surface area contributed by atoms with Crippen molar-refractivity contribution in [1.82, 2.24) is 14.8 Å². The van der Waals surface area contributed by atoms with E-state index in [1.807, 2.05) is 24.3 Å². The van der Waals surface area contributed by atoms with Crippen LogP contribution in [-0.4, -0.2) is 20.7 Å². The summed E-state index contributed by atoms with van der Waals surface area (Å²) in [7, 11) is 0. The lowest BCUT2D eigenvalue weighted by atomic mass is 10.1. The zero-order valence-electron chi connectivity index (χ0n) is 15.3. The van der Waals surface area contributed by atoms with E-state index >= 15 is 0 Å². The zero-order chi connectivity index (χ0) is 19.5. The van der Waals surface area contributed by atoms with Crippen LogP contribution in [0.2, 0.25) is 10.0 Å². The molecule has 0 bridgehead atoms. The Balaban J connectivity index is 1.53. The van der Waals surface area contributed by atoms with E-state index in [0.29, 0.717) is 21.3 Å². The maximum absolute atomic E-state index is 12.5. The number of hydrogen-bond acceptors (Lipinski definition) is 3. The number of anilines is 1. The minimum Gasteiger partial charge on any atom is -0.326 e. The molecule has 1 amide bonds. The molecule has 0 radical (unpaired) electrons. The monoisotopic (exact) mass is 414 g/mol. The third kappa shape index (κ3) is 4.05. The number of rotatable bonds is 4. The van der Waals surface area contributed by atoms with Crippen molar-refractivity contribution < 1.29 is 4.79 Å². The Kier molecular flexibility index (Phi) is 5.64. The van der Waals surface area contributed by atoms with Crippen molar-refractivity contribution in [3.63, 3.8) is 0 Å². The minimum absolute atomic E-state index is 0.114. The van der Waals surface area contributed by atoms with Crippen molar-refractivity contribution in [2.24, 2.45) is 0 Å². The number of aryl methyl sites for hydroxylation is 1. The second-order valence-corrected chi connectivity index (χ2v) is 7.72. The number of nitrogens with zero attached hydrogens (tertiary/aromatic N) is 3. The molecule has 0 fully saturated rings. The highest BCUT2D eigenvalue weighted by Gasteiger charge is 2.17. The van der Waals surface area contributed by atoms with Gasteiger partial charge in [-0.25, -0.2) is 0 Å². The molecule has 144 valence electrons. The molecule has 1 N–H and O–H groups in total. The first-order valence-corrected chi connectivity index (χ1v) is 10.1. The Hall–Kier alpha value is -2.37. The fourth-order valence-electron chi connectivity index (χ4n) is 3.50. The molecule has 2 aromatic carbocycles. The quantitative estimate of drug-likeness (QED) is 0.641. The lowest BCUT2D eigenvalue weighted by Crippen LogP contribution is -2.15. The molecule has 5 nitrogen and oxygen atoms in total. The lowest BCUT2D eigenvalue weighted by Gasteiger charge is -2.10. The maximum Gasteiger partial charge on any atom is 0.228 e. The number of hydrogen-bond donors (Lipinski definition) is 1. The van der Waals surface area contributed by atoms with E-state index in [9.17, 15) is 4.79 Å². The summed E-state index contributed by atoms with van der Waals surface area (Å²) in [5.74, 6) is 1.71. The summed E-state index contributed by atoms with van der Waals surface area (Å²) in [5.41, 5.74) is 2.27. The fraction of sp³-hybridized carbons (Fsp3) is 0.286. The molecule has 0 atom stereocenters. The number of halogens is 2. The highest BCUT2D eigenvalue weighted by molar-refractivity contribution is 6.36. The van der Waals surface area contributed by atoms with Crippen molar-refractivity contribution in [2.75, 3.05) is 5.32 Å². The molecule has 0 spiro atoms. The van der Waals surface area contributed by atoms with Crippen molar-refractivity contribution in [2.45, 2.75) is 38.6 Å². The van der Waals surface area contributed by atoms with Crippen molar-refractivity contribution in [3.8, 4) is 11.4 Å². The molecule has 4 rings (SSSR count). The number of fused-ring (bicyclic) bond motifs is 1. The van der Waals surface area contributed by atoms with E-state index in [4.69, 9.17) is 23.2 Å². The van der Waals surface area contributed by atoms with E-state index in [-0.39, 0.29) is 12.3 Å². The molecular weight excluding hydrogens is 395 g/mol. The summed E-state index contributed by atoms with van der Waals surface area (Å²) in [6.45, 7) is 0.930. The highest BCUT2D eigenvalue weighted by Crippen LogP contribution is 2.27. The Morgan fingerprint density at radius 3 is 2.64 bits per heavy atom. The van der Waals surface area contributed by atoms with Crippen LogP contribution >= 0.6 is 23.2 Å². The number of carbonyl (C=O) groups is 1. The van der Waals surface area contributed by atoms with Crippen molar-refractivity contribution in [3.05, 3.63) is 63.9 Å². The second-order valence-electron chi connectivity index (χ2n) is 6.91. The standard InChI is InChI=1S/C21H20Cl2N4O/c22-17-8-5-9-18(23)16(17)13-20(28)24-15-7-4-6-14(12-15)21-26-25-19-10-2-1-3-11-27(19)21/h4-9,12H,1-3,10-11,13H2,(H,24,28). The molecule has 1 aliphatic heterocycles. The Morgan fingerprint density at radius 1 is 1.04 bits per heavy atom. The normalized spacial score (nSPS) is 13.6. The third-order valence-corrected chi connectivity index (χ3v) is 5.62. The Labute approximate surface area is 173 Å². The van der Waals surface area contributed by atoms with Crippen LogP contribution < -0.4 is 5.32 Å². The van der Waals surface area contributed by atoms with Crippen LogP contribution in [0.4, 0.5) is 5.69 Å². The Bertz CT molecular complexity index is 995. The predicted octanol–water partition coefficient (Wildman–Crippen LogP) is 5.16. The first-order chi connectivity index (χ1) is 13.6. The van der Waals surface area contributed by atoms with Gasteiger partial charge >= 0.3 is 0 Å². The van der Waals surface area contributed by atoms with Crippen molar-refractivity contribution >= 4 is 34.8 Å². The molecule has 1 aromatic heterocycles. The zero-order valence-corrected chi connectivity index (χ0v) is 16.8. The van der Waals surface area contributed by atoms with Gasteiger partial charge in [-0.05, 0) is 42.7 Å². The first kappa shape index (κ1) is 19.0. The van der Waals surface area contributed by atoms with Gasteiger partial charge in [0.2, 0.25) is 5.91 Å². The van der Waals surface area contributed by atoms with Crippen LogP contribution in [0.5, 0.6) is 0 Å². The van der Waals surface area contributed by atoms with Gasteiger partial charge in [0.05, 0.1) is 6.42 Å². The summed E-state index contributed by atoms with van der Waals surface area (Å²) in [6.07, 6.45) is 4.57. The van der Waals surface area contributed by atoms with Gasteiger partial charge in [-0.3, -0.25) is 4.79 Å². The molecule has 3 aromatic rings. The van der Waals surface area contributed by atoms with Crippen LogP contribution in [0.3, 0.4) is 0 Å². The molecule has 0 aliphatic carbocycles.